The lowest BCUT2D eigenvalue weighted by Crippen LogP contribution is -2.54. The average Bonchev–Trinajstić information content (AvgIpc) is 3.40. The van der Waals surface area contributed by atoms with Gasteiger partial charge >= 0.3 is 0 Å². The molecule has 0 saturated carbocycles. The Morgan fingerprint density at radius 3 is 2.39 bits per heavy atom. The summed E-state index contributed by atoms with van der Waals surface area (Å²) in [6.07, 6.45) is 8.88. The third-order valence-corrected chi connectivity index (χ3v) is 7.30. The van der Waals surface area contributed by atoms with Crippen molar-refractivity contribution in [3.05, 3.63) is 0 Å². The van der Waals surface area contributed by atoms with Crippen molar-refractivity contribution in [2.75, 3.05) is 52.5 Å². The summed E-state index contributed by atoms with van der Waals surface area (Å²) < 4.78 is 5.70. The topological polar surface area (TPSA) is 40.1 Å². The molecule has 1 N–H and O–H groups in total. The van der Waals surface area contributed by atoms with Gasteiger partial charge in [0.1, 0.15) is 0 Å². The lowest BCUT2D eigenvalue weighted by molar-refractivity contribution is -0.0139. The van der Waals surface area contributed by atoms with E-state index < -0.39 is 0 Å². The first kappa shape index (κ1) is 24.2. The fourth-order valence-electron chi connectivity index (χ4n) is 5.48. The van der Waals surface area contributed by atoms with Gasteiger partial charge in [0, 0.05) is 38.4 Å². The normalized spacial score (nSPS) is 25.9. The molecule has 6 heteroatoms. The summed E-state index contributed by atoms with van der Waals surface area (Å²) in [5.74, 6) is 2.85. The van der Waals surface area contributed by atoms with Crippen LogP contribution in [0.1, 0.15) is 65.7 Å². The Morgan fingerprint density at radius 1 is 1.11 bits per heavy atom. The summed E-state index contributed by atoms with van der Waals surface area (Å²) in [5.41, 5.74) is 0.226. The van der Waals surface area contributed by atoms with Crippen LogP contribution < -0.4 is 5.32 Å². The number of guanidine groups is 1. The maximum atomic E-state index is 5.70. The van der Waals surface area contributed by atoms with Crippen LogP contribution in [0.25, 0.3) is 0 Å². The molecule has 3 rings (SSSR count). The Labute approximate surface area is 190 Å². The first-order valence-electron chi connectivity index (χ1n) is 11.6. The van der Waals surface area contributed by atoms with Gasteiger partial charge in [-0.25, -0.2) is 0 Å². The van der Waals surface area contributed by atoms with Gasteiger partial charge in [-0.3, -0.25) is 9.89 Å². The second-order valence-corrected chi connectivity index (χ2v) is 8.77. The van der Waals surface area contributed by atoms with E-state index in [4.69, 9.17) is 9.73 Å². The minimum Gasteiger partial charge on any atom is -0.381 e. The molecule has 3 fully saturated rings. The molecule has 1 atom stereocenters. The molecule has 28 heavy (non-hydrogen) atoms. The molecule has 1 unspecified atom stereocenters. The number of hydrogen-bond acceptors (Lipinski definition) is 3. The molecule has 0 amide bonds. The van der Waals surface area contributed by atoms with E-state index in [0.29, 0.717) is 0 Å². The second-order valence-electron chi connectivity index (χ2n) is 8.77. The quantitative estimate of drug-likeness (QED) is 0.322. The molecular formula is C22H43IN4O. The highest BCUT2D eigenvalue weighted by molar-refractivity contribution is 14.0. The third-order valence-electron chi connectivity index (χ3n) is 7.30. The smallest absolute Gasteiger partial charge is 0.193 e. The van der Waals surface area contributed by atoms with Crippen LogP contribution >= 0.6 is 24.0 Å². The minimum atomic E-state index is 0. The SMILES string of the molecule is CCNC(=NCC1(N2CCCC2)CCOCC1)N1CCC(C(CC)CC)C1.I. The zero-order valence-electron chi connectivity index (χ0n) is 18.4. The van der Waals surface area contributed by atoms with E-state index in [1.54, 1.807) is 0 Å². The Balaban J connectivity index is 0.00000280. The molecule has 164 valence electrons. The highest BCUT2D eigenvalue weighted by atomic mass is 127. The van der Waals surface area contributed by atoms with Crippen molar-refractivity contribution in [2.24, 2.45) is 16.8 Å². The van der Waals surface area contributed by atoms with Gasteiger partial charge in [0.15, 0.2) is 5.96 Å². The van der Waals surface area contributed by atoms with Crippen LogP contribution in [0.15, 0.2) is 4.99 Å². The van der Waals surface area contributed by atoms with E-state index in [1.807, 2.05) is 0 Å². The van der Waals surface area contributed by atoms with Crippen LogP contribution in [0.4, 0.5) is 0 Å². The van der Waals surface area contributed by atoms with E-state index >= 15 is 0 Å². The number of hydrogen-bond donors (Lipinski definition) is 1. The molecular weight excluding hydrogens is 463 g/mol. The van der Waals surface area contributed by atoms with E-state index in [-0.39, 0.29) is 29.5 Å². The summed E-state index contributed by atoms with van der Waals surface area (Å²) >= 11 is 0. The van der Waals surface area contributed by atoms with Crippen molar-refractivity contribution in [3.8, 4) is 0 Å². The number of ether oxygens (including phenoxy) is 1. The lowest BCUT2D eigenvalue weighted by atomic mass is 9.87. The highest BCUT2D eigenvalue weighted by Crippen LogP contribution is 2.32. The van der Waals surface area contributed by atoms with Crippen molar-refractivity contribution in [3.63, 3.8) is 0 Å². The van der Waals surface area contributed by atoms with Crippen molar-refractivity contribution < 1.29 is 4.74 Å². The fourth-order valence-corrected chi connectivity index (χ4v) is 5.48. The Hall–Kier alpha value is -0.0800. The van der Waals surface area contributed by atoms with Crippen LogP contribution in [-0.2, 0) is 4.74 Å². The third kappa shape index (κ3) is 5.75. The van der Waals surface area contributed by atoms with Crippen molar-refractivity contribution in [1.29, 1.82) is 0 Å². The van der Waals surface area contributed by atoms with Crippen LogP contribution in [0.2, 0.25) is 0 Å². The number of nitrogens with zero attached hydrogens (tertiary/aromatic N) is 3. The van der Waals surface area contributed by atoms with Gasteiger partial charge in [-0.1, -0.05) is 26.7 Å². The van der Waals surface area contributed by atoms with E-state index in [0.717, 1.165) is 63.5 Å². The van der Waals surface area contributed by atoms with Crippen molar-refractivity contribution in [1.82, 2.24) is 15.1 Å². The summed E-state index contributed by atoms with van der Waals surface area (Å²) in [6.45, 7) is 15.4. The van der Waals surface area contributed by atoms with E-state index in [2.05, 4.69) is 35.9 Å². The average molecular weight is 507 g/mol. The maximum absolute atomic E-state index is 5.70. The van der Waals surface area contributed by atoms with Gasteiger partial charge in [-0.2, -0.15) is 0 Å². The van der Waals surface area contributed by atoms with Gasteiger partial charge in [-0.15, -0.1) is 24.0 Å². The molecule has 0 aromatic heterocycles. The summed E-state index contributed by atoms with van der Waals surface area (Å²) in [4.78, 5) is 10.5. The van der Waals surface area contributed by atoms with Crippen LogP contribution in [0.3, 0.4) is 0 Å². The Bertz CT molecular complexity index is 471. The molecule has 3 heterocycles. The number of nitrogens with one attached hydrogen (secondary N) is 1. The van der Waals surface area contributed by atoms with Gasteiger partial charge in [0.25, 0.3) is 0 Å². The monoisotopic (exact) mass is 506 g/mol. The van der Waals surface area contributed by atoms with Gasteiger partial charge in [0.2, 0.25) is 0 Å². The molecule has 5 nitrogen and oxygen atoms in total. The second kappa shape index (κ2) is 11.9. The molecule has 0 spiro atoms. The number of likely N-dealkylation sites (tertiary alicyclic amines) is 2. The van der Waals surface area contributed by atoms with Crippen molar-refractivity contribution in [2.45, 2.75) is 71.3 Å². The van der Waals surface area contributed by atoms with Crippen LogP contribution in [0, 0.1) is 11.8 Å². The van der Waals surface area contributed by atoms with Crippen LogP contribution in [0.5, 0.6) is 0 Å². The maximum Gasteiger partial charge on any atom is 0.193 e. The zero-order valence-corrected chi connectivity index (χ0v) is 20.7. The highest BCUT2D eigenvalue weighted by Gasteiger charge is 2.40. The lowest BCUT2D eigenvalue weighted by Gasteiger charge is -2.43. The largest absolute Gasteiger partial charge is 0.381 e. The van der Waals surface area contributed by atoms with Crippen LogP contribution in [-0.4, -0.2) is 73.8 Å². The molecule has 0 bridgehead atoms. The number of rotatable bonds is 7. The predicted molar refractivity (Wildman–Crippen MR) is 129 cm³/mol. The summed E-state index contributed by atoms with van der Waals surface area (Å²) in [6, 6.07) is 0. The first-order chi connectivity index (χ1) is 13.2. The Morgan fingerprint density at radius 2 is 1.79 bits per heavy atom. The summed E-state index contributed by atoms with van der Waals surface area (Å²) in [5, 5.41) is 3.59. The Kier molecular flexibility index (Phi) is 10.3. The van der Waals surface area contributed by atoms with Gasteiger partial charge < -0.3 is 15.0 Å². The molecule has 0 aromatic rings. The standard InChI is InChI=1S/C22H42N4O.HI/c1-4-19(5-2)20-9-14-25(17-20)21(23-6-3)24-18-22(10-15-27-16-11-22)26-12-7-8-13-26;/h19-20H,4-18H2,1-3H3,(H,23,24);1H. The van der Waals surface area contributed by atoms with Gasteiger partial charge in [-0.05, 0) is 64.0 Å². The number of aliphatic imine (C=N–C) groups is 1. The molecule has 0 aliphatic carbocycles. The molecule has 3 saturated heterocycles. The fraction of sp³-hybridized carbons (Fsp3) is 0.955. The number of halogens is 1. The van der Waals surface area contributed by atoms with E-state index in [9.17, 15) is 0 Å². The van der Waals surface area contributed by atoms with Gasteiger partial charge in [0.05, 0.1) is 6.54 Å². The zero-order chi connectivity index (χ0) is 19.1. The van der Waals surface area contributed by atoms with E-state index in [1.165, 1.54) is 51.7 Å². The molecule has 0 aromatic carbocycles. The first-order valence-corrected chi connectivity index (χ1v) is 11.6. The van der Waals surface area contributed by atoms with Crippen molar-refractivity contribution >= 4 is 29.9 Å². The molecule has 3 aliphatic heterocycles. The predicted octanol–water partition coefficient (Wildman–Crippen LogP) is 3.97. The summed E-state index contributed by atoms with van der Waals surface area (Å²) in [7, 11) is 0. The molecule has 3 aliphatic rings. The minimum absolute atomic E-state index is 0. The molecule has 0 radical (unpaired) electrons.